The molecule has 0 aliphatic heterocycles. The third kappa shape index (κ3) is 3.42. The van der Waals surface area contributed by atoms with E-state index >= 15 is 0 Å². The molecule has 0 unspecified atom stereocenters. The quantitative estimate of drug-likeness (QED) is 0.716. The summed E-state index contributed by atoms with van der Waals surface area (Å²) in [6.45, 7) is 0. The summed E-state index contributed by atoms with van der Waals surface area (Å²) in [5.41, 5.74) is 0.718. The van der Waals surface area contributed by atoms with Gasteiger partial charge in [-0.15, -0.1) is 0 Å². The predicted octanol–water partition coefficient (Wildman–Crippen LogP) is 5.66. The summed E-state index contributed by atoms with van der Waals surface area (Å²) in [5, 5.41) is 3.68. The summed E-state index contributed by atoms with van der Waals surface area (Å²) in [5.74, 6) is -0.403. The summed E-state index contributed by atoms with van der Waals surface area (Å²) in [6, 6.07) is 10.0. The maximum absolute atomic E-state index is 12.1. The van der Waals surface area contributed by atoms with E-state index in [1.807, 2.05) is 0 Å². The topological polar surface area (TPSA) is 29.1 Å². The number of nitrogens with one attached hydrogen (secondary N) is 1. The standard InChI is InChI=1S/C13H7BrCl3NO/c14-7-4-5-11(10(17)6-7)18-13(19)12-8(15)2-1-3-9(12)16/h1-6H,(H,18,19). The molecular weight excluding hydrogens is 372 g/mol. The molecule has 0 heterocycles. The number of hydrogen-bond acceptors (Lipinski definition) is 1. The Hall–Kier alpha value is -0.740. The number of carbonyl (C=O) groups is 1. The van der Waals surface area contributed by atoms with Gasteiger partial charge in [0.2, 0.25) is 0 Å². The minimum absolute atomic E-state index is 0.227. The third-order valence-corrected chi connectivity index (χ3v) is 3.81. The lowest BCUT2D eigenvalue weighted by Crippen LogP contribution is -2.13. The van der Waals surface area contributed by atoms with Crippen LogP contribution in [0.1, 0.15) is 10.4 Å². The van der Waals surface area contributed by atoms with Crippen LogP contribution in [0.5, 0.6) is 0 Å². The first-order valence-electron chi connectivity index (χ1n) is 5.19. The lowest BCUT2D eigenvalue weighted by molar-refractivity contribution is 0.102. The Morgan fingerprint density at radius 3 is 2.21 bits per heavy atom. The predicted molar refractivity (Wildman–Crippen MR) is 83.6 cm³/mol. The van der Waals surface area contributed by atoms with Crippen molar-refractivity contribution in [3.63, 3.8) is 0 Å². The Labute approximate surface area is 133 Å². The normalized spacial score (nSPS) is 10.3. The highest BCUT2D eigenvalue weighted by atomic mass is 79.9. The fourth-order valence-electron chi connectivity index (χ4n) is 1.49. The van der Waals surface area contributed by atoms with Crippen molar-refractivity contribution in [2.24, 2.45) is 0 Å². The zero-order valence-corrected chi connectivity index (χ0v) is 13.2. The van der Waals surface area contributed by atoms with Crippen LogP contribution >= 0.6 is 50.7 Å². The molecule has 2 aromatic rings. The van der Waals surface area contributed by atoms with Crippen LogP contribution in [-0.4, -0.2) is 5.91 Å². The van der Waals surface area contributed by atoms with Crippen molar-refractivity contribution in [1.82, 2.24) is 0 Å². The highest BCUT2D eigenvalue weighted by molar-refractivity contribution is 9.10. The molecule has 0 aliphatic rings. The summed E-state index contributed by atoms with van der Waals surface area (Å²) in [4.78, 5) is 12.1. The van der Waals surface area contributed by atoms with Gasteiger partial charge < -0.3 is 5.32 Å². The van der Waals surface area contributed by atoms with E-state index in [9.17, 15) is 4.79 Å². The van der Waals surface area contributed by atoms with Crippen LogP contribution in [0, 0.1) is 0 Å². The van der Waals surface area contributed by atoms with Gasteiger partial charge in [-0.2, -0.15) is 0 Å². The molecule has 0 saturated carbocycles. The van der Waals surface area contributed by atoms with Crippen molar-refractivity contribution in [3.8, 4) is 0 Å². The van der Waals surface area contributed by atoms with Crippen LogP contribution < -0.4 is 5.32 Å². The first kappa shape index (κ1) is 14.7. The molecule has 2 nitrogen and oxygen atoms in total. The Balaban J connectivity index is 2.31. The van der Waals surface area contributed by atoms with Crippen molar-refractivity contribution in [2.45, 2.75) is 0 Å². The minimum atomic E-state index is -0.403. The van der Waals surface area contributed by atoms with E-state index in [2.05, 4.69) is 21.2 Å². The number of carbonyl (C=O) groups excluding carboxylic acids is 1. The molecular formula is C13H7BrCl3NO. The Bertz CT molecular complexity index is 626. The van der Waals surface area contributed by atoms with Gasteiger partial charge in [0.05, 0.1) is 26.3 Å². The smallest absolute Gasteiger partial charge is 0.258 e. The Morgan fingerprint density at radius 1 is 1.00 bits per heavy atom. The monoisotopic (exact) mass is 377 g/mol. The number of benzene rings is 2. The van der Waals surface area contributed by atoms with Crippen molar-refractivity contribution >= 4 is 62.3 Å². The zero-order chi connectivity index (χ0) is 14.0. The highest BCUT2D eigenvalue weighted by Gasteiger charge is 2.15. The lowest BCUT2D eigenvalue weighted by Gasteiger charge is -2.10. The van der Waals surface area contributed by atoms with Gasteiger partial charge in [0.1, 0.15) is 0 Å². The van der Waals surface area contributed by atoms with E-state index in [0.717, 1.165) is 4.47 Å². The van der Waals surface area contributed by atoms with Crippen LogP contribution in [0.4, 0.5) is 5.69 Å². The molecule has 0 aromatic heterocycles. The van der Waals surface area contributed by atoms with E-state index < -0.39 is 5.91 Å². The molecule has 0 fully saturated rings. The Kier molecular flexibility index (Phi) is 4.74. The van der Waals surface area contributed by atoms with E-state index in [4.69, 9.17) is 34.8 Å². The van der Waals surface area contributed by atoms with Crippen LogP contribution in [0.3, 0.4) is 0 Å². The maximum atomic E-state index is 12.1. The average Bonchev–Trinajstić information content (AvgIpc) is 2.32. The summed E-state index contributed by atoms with van der Waals surface area (Å²) >= 11 is 21.3. The van der Waals surface area contributed by atoms with Gasteiger partial charge >= 0.3 is 0 Å². The van der Waals surface area contributed by atoms with Crippen LogP contribution in [0.25, 0.3) is 0 Å². The molecule has 6 heteroatoms. The summed E-state index contributed by atoms with van der Waals surface area (Å²) in [7, 11) is 0. The van der Waals surface area contributed by atoms with Crippen LogP contribution in [-0.2, 0) is 0 Å². The van der Waals surface area contributed by atoms with Crippen molar-refractivity contribution in [2.75, 3.05) is 5.32 Å². The largest absolute Gasteiger partial charge is 0.321 e. The summed E-state index contributed by atoms with van der Waals surface area (Å²) < 4.78 is 0.825. The van der Waals surface area contributed by atoms with Gasteiger partial charge in [0.25, 0.3) is 5.91 Å². The molecule has 1 N–H and O–H groups in total. The molecule has 0 spiro atoms. The molecule has 0 aliphatic carbocycles. The lowest BCUT2D eigenvalue weighted by atomic mass is 10.2. The fourth-order valence-corrected chi connectivity index (χ4v) is 2.78. The van der Waals surface area contributed by atoms with E-state index in [0.29, 0.717) is 20.8 Å². The van der Waals surface area contributed by atoms with Gasteiger partial charge in [-0.05, 0) is 30.3 Å². The fraction of sp³-hybridized carbons (Fsp3) is 0. The second-order valence-corrected chi connectivity index (χ2v) is 5.81. The average molecular weight is 379 g/mol. The maximum Gasteiger partial charge on any atom is 0.258 e. The van der Waals surface area contributed by atoms with Gasteiger partial charge in [-0.1, -0.05) is 56.8 Å². The molecule has 1 amide bonds. The third-order valence-electron chi connectivity index (χ3n) is 2.37. The first-order chi connectivity index (χ1) is 8.99. The first-order valence-corrected chi connectivity index (χ1v) is 7.12. The number of halogens is 4. The van der Waals surface area contributed by atoms with E-state index in [1.165, 1.54) is 0 Å². The van der Waals surface area contributed by atoms with E-state index in [1.54, 1.807) is 36.4 Å². The second kappa shape index (κ2) is 6.14. The number of hydrogen-bond donors (Lipinski definition) is 1. The molecule has 98 valence electrons. The van der Waals surface area contributed by atoms with Crippen LogP contribution in [0.15, 0.2) is 40.9 Å². The SMILES string of the molecule is O=C(Nc1ccc(Br)cc1Cl)c1c(Cl)cccc1Cl. The Morgan fingerprint density at radius 2 is 1.63 bits per heavy atom. The van der Waals surface area contributed by atoms with Gasteiger partial charge in [-0.25, -0.2) is 0 Å². The van der Waals surface area contributed by atoms with Gasteiger partial charge in [0.15, 0.2) is 0 Å². The highest BCUT2D eigenvalue weighted by Crippen LogP contribution is 2.29. The minimum Gasteiger partial charge on any atom is -0.321 e. The molecule has 2 aromatic carbocycles. The van der Waals surface area contributed by atoms with Crippen molar-refractivity contribution in [1.29, 1.82) is 0 Å². The van der Waals surface area contributed by atoms with Gasteiger partial charge in [0, 0.05) is 4.47 Å². The van der Waals surface area contributed by atoms with Crippen molar-refractivity contribution < 1.29 is 4.79 Å². The van der Waals surface area contributed by atoms with Gasteiger partial charge in [-0.3, -0.25) is 4.79 Å². The van der Waals surface area contributed by atoms with Crippen LogP contribution in [0.2, 0.25) is 15.1 Å². The number of rotatable bonds is 2. The number of amides is 1. The number of anilines is 1. The molecule has 0 bridgehead atoms. The summed E-state index contributed by atoms with van der Waals surface area (Å²) in [6.07, 6.45) is 0. The zero-order valence-electron chi connectivity index (χ0n) is 9.38. The molecule has 0 atom stereocenters. The van der Waals surface area contributed by atoms with E-state index in [-0.39, 0.29) is 5.56 Å². The molecule has 0 radical (unpaired) electrons. The molecule has 2 rings (SSSR count). The molecule has 0 saturated heterocycles. The molecule has 19 heavy (non-hydrogen) atoms. The van der Waals surface area contributed by atoms with Crippen molar-refractivity contribution in [3.05, 3.63) is 61.5 Å². The second-order valence-electron chi connectivity index (χ2n) is 3.67.